The van der Waals surface area contributed by atoms with Crippen LogP contribution in [-0.2, 0) is 6.54 Å². The highest BCUT2D eigenvalue weighted by Crippen LogP contribution is 2.16. The minimum absolute atomic E-state index is 0.566. The Morgan fingerprint density at radius 1 is 1.12 bits per heavy atom. The second-order valence-corrected chi connectivity index (χ2v) is 4.30. The molecule has 0 amide bonds. The van der Waals surface area contributed by atoms with E-state index in [4.69, 9.17) is 5.73 Å². The zero-order chi connectivity index (χ0) is 11.4. The molecule has 4 heteroatoms. The Hall–Kier alpha value is -1.39. The maximum Gasteiger partial charge on any atom is 0.130 e. The Kier molecular flexibility index (Phi) is 3.54. The van der Waals surface area contributed by atoms with Crippen LogP contribution >= 0.6 is 15.9 Å². The van der Waals surface area contributed by atoms with Crippen LogP contribution in [0.2, 0.25) is 0 Å². The zero-order valence-corrected chi connectivity index (χ0v) is 10.2. The Morgan fingerprint density at radius 2 is 1.88 bits per heavy atom. The van der Waals surface area contributed by atoms with Gasteiger partial charge in [0.15, 0.2) is 0 Å². The maximum atomic E-state index is 5.53. The summed E-state index contributed by atoms with van der Waals surface area (Å²) >= 11 is 3.35. The molecule has 0 saturated carbocycles. The summed E-state index contributed by atoms with van der Waals surface area (Å²) in [5, 5.41) is 3.21. The van der Waals surface area contributed by atoms with Gasteiger partial charge in [0.2, 0.25) is 0 Å². The number of nitrogens with one attached hydrogen (secondary N) is 1. The predicted molar refractivity (Wildman–Crippen MR) is 69.6 cm³/mol. The van der Waals surface area contributed by atoms with Crippen molar-refractivity contribution in [1.29, 1.82) is 0 Å². The van der Waals surface area contributed by atoms with Gasteiger partial charge in [-0.25, -0.2) is 4.98 Å². The van der Waals surface area contributed by atoms with E-state index in [0.29, 0.717) is 6.54 Å². The smallest absolute Gasteiger partial charge is 0.130 e. The Balaban J connectivity index is 2.11. The first-order valence-electron chi connectivity index (χ1n) is 4.95. The van der Waals surface area contributed by atoms with Gasteiger partial charge in [-0.1, -0.05) is 12.1 Å². The van der Waals surface area contributed by atoms with Gasteiger partial charge in [-0.2, -0.15) is 0 Å². The largest absolute Gasteiger partial charge is 0.340 e. The number of hydrogen-bond donors (Lipinski definition) is 2. The molecule has 0 bridgehead atoms. The fourth-order valence-corrected chi connectivity index (χ4v) is 1.56. The van der Waals surface area contributed by atoms with Crippen LogP contribution in [0.1, 0.15) is 5.56 Å². The number of halogens is 1. The number of pyridine rings is 1. The van der Waals surface area contributed by atoms with Crippen molar-refractivity contribution in [2.75, 3.05) is 5.32 Å². The fourth-order valence-electron chi connectivity index (χ4n) is 1.32. The number of rotatable bonds is 3. The van der Waals surface area contributed by atoms with E-state index in [9.17, 15) is 0 Å². The molecule has 0 aliphatic rings. The van der Waals surface area contributed by atoms with Gasteiger partial charge < -0.3 is 11.1 Å². The van der Waals surface area contributed by atoms with Crippen molar-refractivity contribution >= 4 is 27.4 Å². The number of aromatic nitrogens is 1. The molecule has 2 aromatic rings. The van der Waals surface area contributed by atoms with Crippen molar-refractivity contribution < 1.29 is 0 Å². The molecule has 0 fully saturated rings. The summed E-state index contributed by atoms with van der Waals surface area (Å²) in [6, 6.07) is 11.9. The van der Waals surface area contributed by atoms with E-state index in [2.05, 4.69) is 26.2 Å². The average molecular weight is 278 g/mol. The number of nitrogens with two attached hydrogens (primary N) is 1. The predicted octanol–water partition coefficient (Wildman–Crippen LogP) is 3.05. The van der Waals surface area contributed by atoms with Crippen molar-refractivity contribution in [2.45, 2.75) is 6.54 Å². The van der Waals surface area contributed by atoms with Crippen LogP contribution in [0.4, 0.5) is 11.5 Å². The third-order valence-electron chi connectivity index (χ3n) is 2.19. The van der Waals surface area contributed by atoms with E-state index in [1.54, 1.807) is 6.20 Å². The van der Waals surface area contributed by atoms with Gasteiger partial charge >= 0.3 is 0 Å². The molecule has 3 nitrogen and oxygen atoms in total. The Labute approximate surface area is 103 Å². The van der Waals surface area contributed by atoms with E-state index in [1.165, 1.54) is 0 Å². The van der Waals surface area contributed by atoms with Gasteiger partial charge in [0, 0.05) is 22.9 Å². The molecular weight excluding hydrogens is 266 g/mol. The zero-order valence-electron chi connectivity index (χ0n) is 8.65. The molecule has 0 spiro atoms. The third kappa shape index (κ3) is 2.81. The number of nitrogens with zero attached hydrogens (tertiary/aromatic N) is 1. The van der Waals surface area contributed by atoms with E-state index in [1.807, 2.05) is 36.4 Å². The summed E-state index contributed by atoms with van der Waals surface area (Å²) in [6.45, 7) is 0.566. The van der Waals surface area contributed by atoms with Gasteiger partial charge in [0.1, 0.15) is 5.82 Å². The molecule has 16 heavy (non-hydrogen) atoms. The summed E-state index contributed by atoms with van der Waals surface area (Å²) in [6.07, 6.45) is 1.76. The summed E-state index contributed by atoms with van der Waals surface area (Å²) in [4.78, 5) is 4.23. The fraction of sp³-hybridized carbons (Fsp3) is 0.0833. The molecule has 0 aliphatic carbocycles. The highest BCUT2D eigenvalue weighted by atomic mass is 79.9. The summed E-state index contributed by atoms with van der Waals surface area (Å²) in [5.41, 5.74) is 7.66. The van der Waals surface area contributed by atoms with Crippen LogP contribution in [-0.4, -0.2) is 4.98 Å². The molecule has 3 N–H and O–H groups in total. The standard InChI is InChI=1S/C12H12BrN3/c13-10-3-6-12(15-8-10)16-11-4-1-9(7-14)2-5-11/h1-6,8H,7,14H2,(H,15,16). The molecule has 0 aliphatic heterocycles. The van der Waals surface area contributed by atoms with Gasteiger partial charge in [0.25, 0.3) is 0 Å². The first-order valence-corrected chi connectivity index (χ1v) is 5.75. The molecule has 0 unspecified atom stereocenters. The monoisotopic (exact) mass is 277 g/mol. The topological polar surface area (TPSA) is 50.9 Å². The SMILES string of the molecule is NCc1ccc(Nc2ccc(Br)cn2)cc1. The van der Waals surface area contributed by atoms with Crippen molar-refractivity contribution in [3.05, 3.63) is 52.6 Å². The van der Waals surface area contributed by atoms with Crippen LogP contribution in [0.5, 0.6) is 0 Å². The second-order valence-electron chi connectivity index (χ2n) is 3.39. The average Bonchev–Trinajstić information content (AvgIpc) is 2.33. The van der Waals surface area contributed by atoms with Gasteiger partial charge in [0.05, 0.1) is 0 Å². The van der Waals surface area contributed by atoms with Crippen molar-refractivity contribution in [2.24, 2.45) is 5.73 Å². The van der Waals surface area contributed by atoms with Crippen molar-refractivity contribution in [3.8, 4) is 0 Å². The molecule has 0 saturated heterocycles. The first kappa shape index (κ1) is 11.1. The Bertz CT molecular complexity index is 451. The lowest BCUT2D eigenvalue weighted by Gasteiger charge is -2.06. The van der Waals surface area contributed by atoms with E-state index in [-0.39, 0.29) is 0 Å². The number of anilines is 2. The lowest BCUT2D eigenvalue weighted by atomic mass is 10.2. The molecule has 1 aromatic heterocycles. The van der Waals surface area contributed by atoms with E-state index in [0.717, 1.165) is 21.5 Å². The summed E-state index contributed by atoms with van der Waals surface area (Å²) in [7, 11) is 0. The third-order valence-corrected chi connectivity index (χ3v) is 2.66. The molecule has 2 rings (SSSR count). The minimum atomic E-state index is 0.566. The van der Waals surface area contributed by atoms with E-state index < -0.39 is 0 Å². The quantitative estimate of drug-likeness (QED) is 0.907. The lowest BCUT2D eigenvalue weighted by Crippen LogP contribution is -1.97. The maximum absolute atomic E-state index is 5.53. The lowest BCUT2D eigenvalue weighted by molar-refractivity contribution is 1.07. The molecule has 0 radical (unpaired) electrons. The molecule has 1 heterocycles. The van der Waals surface area contributed by atoms with E-state index >= 15 is 0 Å². The second kappa shape index (κ2) is 5.09. The molecular formula is C12H12BrN3. The minimum Gasteiger partial charge on any atom is -0.340 e. The number of benzene rings is 1. The van der Waals surface area contributed by atoms with Gasteiger partial charge in [-0.15, -0.1) is 0 Å². The van der Waals surface area contributed by atoms with Crippen LogP contribution < -0.4 is 11.1 Å². The number of hydrogen-bond acceptors (Lipinski definition) is 3. The Morgan fingerprint density at radius 3 is 2.44 bits per heavy atom. The van der Waals surface area contributed by atoms with Crippen LogP contribution in [0.25, 0.3) is 0 Å². The van der Waals surface area contributed by atoms with Crippen LogP contribution in [0.3, 0.4) is 0 Å². The molecule has 0 atom stereocenters. The van der Waals surface area contributed by atoms with Crippen LogP contribution in [0.15, 0.2) is 47.1 Å². The molecule has 82 valence electrons. The highest BCUT2D eigenvalue weighted by molar-refractivity contribution is 9.10. The first-order chi connectivity index (χ1) is 7.78. The summed E-state index contributed by atoms with van der Waals surface area (Å²) in [5.74, 6) is 0.823. The van der Waals surface area contributed by atoms with Gasteiger partial charge in [-0.05, 0) is 45.8 Å². The molecule has 1 aromatic carbocycles. The highest BCUT2D eigenvalue weighted by Gasteiger charge is 1.96. The summed E-state index contributed by atoms with van der Waals surface area (Å²) < 4.78 is 0.969. The van der Waals surface area contributed by atoms with Crippen molar-refractivity contribution in [3.63, 3.8) is 0 Å². The van der Waals surface area contributed by atoms with Crippen molar-refractivity contribution in [1.82, 2.24) is 4.98 Å². The van der Waals surface area contributed by atoms with Gasteiger partial charge in [-0.3, -0.25) is 0 Å². The van der Waals surface area contributed by atoms with Crippen LogP contribution in [0, 0.1) is 0 Å². The normalized spacial score (nSPS) is 10.1.